The van der Waals surface area contributed by atoms with Crippen molar-refractivity contribution >= 4 is 24.5 Å². The number of Topliss-reactive ketones (excluding diaryl/α,β-unsaturated/α-hetero) is 1. The number of carbonyl (C=O) groups excluding carboxylic acids is 1. The van der Waals surface area contributed by atoms with Crippen molar-refractivity contribution in [3.05, 3.63) is 90.5 Å². The zero-order valence-corrected chi connectivity index (χ0v) is 22.9. The van der Waals surface area contributed by atoms with Crippen LogP contribution in [0.3, 0.4) is 0 Å². The molecule has 1 aliphatic heterocycles. The van der Waals surface area contributed by atoms with E-state index in [9.17, 15) is 4.79 Å². The van der Waals surface area contributed by atoms with Crippen LogP contribution >= 0.6 is 0 Å². The first kappa shape index (κ1) is 26.3. The maximum absolute atomic E-state index is 14.0. The maximum atomic E-state index is 14.0. The molecule has 0 radical (unpaired) electrons. The molecule has 0 bridgehead atoms. The van der Waals surface area contributed by atoms with E-state index in [0.717, 1.165) is 50.1 Å². The van der Waals surface area contributed by atoms with Crippen molar-refractivity contribution in [2.75, 3.05) is 26.3 Å². The van der Waals surface area contributed by atoms with E-state index in [2.05, 4.69) is 73.8 Å². The van der Waals surface area contributed by atoms with E-state index in [4.69, 9.17) is 9.16 Å². The van der Waals surface area contributed by atoms with E-state index in [0.29, 0.717) is 13.2 Å². The van der Waals surface area contributed by atoms with Gasteiger partial charge < -0.3 is 9.16 Å². The van der Waals surface area contributed by atoms with Crippen LogP contribution < -0.4 is 14.8 Å². The lowest BCUT2D eigenvalue weighted by Gasteiger charge is -2.44. The van der Waals surface area contributed by atoms with Gasteiger partial charge in [-0.15, -0.1) is 0 Å². The number of morpholine rings is 1. The van der Waals surface area contributed by atoms with E-state index in [1.165, 1.54) is 10.4 Å². The Bertz CT molecular complexity index is 1060. The third-order valence-electron chi connectivity index (χ3n) is 7.66. The van der Waals surface area contributed by atoms with E-state index in [1.807, 2.05) is 36.4 Å². The van der Waals surface area contributed by atoms with Crippen molar-refractivity contribution in [2.45, 2.75) is 51.6 Å². The Kier molecular flexibility index (Phi) is 8.78. The van der Waals surface area contributed by atoms with Crippen molar-refractivity contribution in [1.29, 1.82) is 0 Å². The summed E-state index contributed by atoms with van der Waals surface area (Å²) in [6.45, 7) is 9.58. The first-order valence-electron chi connectivity index (χ1n) is 13.3. The molecule has 0 amide bonds. The third-order valence-corrected chi connectivity index (χ3v) is 11.2. The lowest BCUT2D eigenvalue weighted by atomic mass is 9.80. The largest absolute Gasteiger partial charge is 0.535 e. The molecule has 3 aromatic carbocycles. The first-order valence-corrected chi connectivity index (χ1v) is 15.7. The van der Waals surface area contributed by atoms with Gasteiger partial charge in [-0.3, -0.25) is 9.69 Å². The van der Waals surface area contributed by atoms with Gasteiger partial charge in [0.2, 0.25) is 0 Å². The van der Waals surface area contributed by atoms with Crippen LogP contribution in [-0.2, 0) is 4.74 Å². The van der Waals surface area contributed by atoms with Crippen molar-refractivity contribution in [3.63, 3.8) is 0 Å². The molecule has 0 saturated carbocycles. The van der Waals surface area contributed by atoms with Crippen LogP contribution in [0.25, 0.3) is 0 Å². The second kappa shape index (κ2) is 12.0. The quantitative estimate of drug-likeness (QED) is 0.264. The number of hydrogen-bond acceptors (Lipinski definition) is 4. The molecule has 1 aliphatic rings. The molecule has 1 atom stereocenters. The third kappa shape index (κ3) is 5.48. The van der Waals surface area contributed by atoms with E-state index in [1.54, 1.807) is 0 Å². The Morgan fingerprint density at radius 3 is 1.94 bits per heavy atom. The summed E-state index contributed by atoms with van der Waals surface area (Å²) >= 11 is 0. The standard InChI is InChI=1S/C31H39NO3Si/c1-4-6-21-31(5-2,32-22-24-34-25-23-32)30(33)26-17-19-27(20-18-26)35-36(3,28-13-9-7-10-14-28)29-15-11-8-12-16-29/h7-20H,4-6,21-25H2,1-3H3. The monoisotopic (exact) mass is 501 g/mol. The second-order valence-electron chi connectivity index (χ2n) is 9.81. The highest BCUT2D eigenvalue weighted by Gasteiger charge is 2.42. The van der Waals surface area contributed by atoms with Crippen LogP contribution in [0.15, 0.2) is 84.9 Å². The molecular formula is C31H39NO3Si. The van der Waals surface area contributed by atoms with Gasteiger partial charge in [0.05, 0.1) is 18.8 Å². The molecule has 4 nitrogen and oxygen atoms in total. The smallest absolute Gasteiger partial charge is 0.311 e. The van der Waals surface area contributed by atoms with Crippen LogP contribution in [-0.4, -0.2) is 50.8 Å². The van der Waals surface area contributed by atoms with Gasteiger partial charge >= 0.3 is 8.32 Å². The van der Waals surface area contributed by atoms with Crippen molar-refractivity contribution in [1.82, 2.24) is 4.90 Å². The van der Waals surface area contributed by atoms with Gasteiger partial charge in [0.1, 0.15) is 5.75 Å². The Hall–Kier alpha value is -2.73. The summed E-state index contributed by atoms with van der Waals surface area (Å²) in [6, 6.07) is 28.8. The fourth-order valence-corrected chi connectivity index (χ4v) is 8.25. The summed E-state index contributed by atoms with van der Waals surface area (Å²) in [7, 11) is -2.48. The Morgan fingerprint density at radius 1 is 0.889 bits per heavy atom. The zero-order valence-electron chi connectivity index (χ0n) is 21.9. The van der Waals surface area contributed by atoms with Gasteiger partial charge in [-0.05, 0) is 54.0 Å². The fourth-order valence-electron chi connectivity index (χ4n) is 5.41. The van der Waals surface area contributed by atoms with E-state index < -0.39 is 13.9 Å². The minimum Gasteiger partial charge on any atom is -0.535 e. The Labute approximate surface area is 217 Å². The first-order chi connectivity index (χ1) is 17.5. The van der Waals surface area contributed by atoms with Crippen LogP contribution in [0, 0.1) is 0 Å². The van der Waals surface area contributed by atoms with Gasteiger partial charge in [-0.25, -0.2) is 0 Å². The average Bonchev–Trinajstić information content (AvgIpc) is 2.95. The molecule has 190 valence electrons. The van der Waals surface area contributed by atoms with Gasteiger partial charge in [0.25, 0.3) is 0 Å². The molecule has 3 aromatic rings. The van der Waals surface area contributed by atoms with Crippen molar-refractivity contribution in [3.8, 4) is 5.75 Å². The number of nitrogens with zero attached hydrogens (tertiary/aromatic N) is 1. The molecule has 1 unspecified atom stereocenters. The fraction of sp³-hybridized carbons (Fsp3) is 0.387. The summed E-state index contributed by atoms with van der Waals surface area (Å²) in [5.74, 6) is 1.02. The van der Waals surface area contributed by atoms with Crippen LogP contribution in [0.5, 0.6) is 5.75 Å². The molecule has 36 heavy (non-hydrogen) atoms. The lowest BCUT2D eigenvalue weighted by Crippen LogP contribution is -2.60. The lowest BCUT2D eigenvalue weighted by molar-refractivity contribution is -0.0195. The van der Waals surface area contributed by atoms with E-state index >= 15 is 0 Å². The molecular weight excluding hydrogens is 462 g/mol. The molecule has 0 spiro atoms. The maximum Gasteiger partial charge on any atom is 0.311 e. The zero-order chi connectivity index (χ0) is 25.4. The summed E-state index contributed by atoms with van der Waals surface area (Å²) in [5, 5.41) is 2.43. The summed E-state index contributed by atoms with van der Waals surface area (Å²) in [4.78, 5) is 16.4. The minimum atomic E-state index is -2.48. The number of hydrogen-bond donors (Lipinski definition) is 0. The second-order valence-corrected chi connectivity index (χ2v) is 13.2. The highest BCUT2D eigenvalue weighted by atomic mass is 28.4. The average molecular weight is 502 g/mol. The van der Waals surface area contributed by atoms with Gasteiger partial charge in [-0.1, -0.05) is 87.4 Å². The van der Waals surface area contributed by atoms with Crippen LogP contribution in [0.4, 0.5) is 0 Å². The predicted molar refractivity (Wildman–Crippen MR) is 150 cm³/mol. The molecule has 0 aromatic heterocycles. The summed E-state index contributed by atoms with van der Waals surface area (Å²) < 4.78 is 12.4. The number of rotatable bonds is 11. The van der Waals surface area contributed by atoms with Crippen LogP contribution in [0.1, 0.15) is 49.9 Å². The molecule has 1 fully saturated rings. The molecule has 0 N–H and O–H groups in total. The Balaban J connectivity index is 1.62. The van der Waals surface area contributed by atoms with Crippen molar-refractivity contribution < 1.29 is 14.0 Å². The Morgan fingerprint density at radius 2 is 1.44 bits per heavy atom. The van der Waals surface area contributed by atoms with Gasteiger partial charge in [0, 0.05) is 18.7 Å². The predicted octanol–water partition coefficient (Wildman–Crippen LogP) is 5.31. The molecule has 1 saturated heterocycles. The number of carbonyl (C=O) groups is 1. The summed E-state index contributed by atoms with van der Waals surface area (Å²) in [6.07, 6.45) is 3.80. The molecule has 4 rings (SSSR count). The summed E-state index contributed by atoms with van der Waals surface area (Å²) in [5.41, 5.74) is 0.286. The molecule has 5 heteroatoms. The number of ketones is 1. The number of benzene rings is 3. The molecule has 1 heterocycles. The molecule has 0 aliphatic carbocycles. The number of unbranched alkanes of at least 4 members (excludes halogenated alkanes) is 1. The van der Waals surface area contributed by atoms with Gasteiger partial charge in [0.15, 0.2) is 5.78 Å². The van der Waals surface area contributed by atoms with Crippen LogP contribution in [0.2, 0.25) is 6.55 Å². The van der Waals surface area contributed by atoms with Crippen molar-refractivity contribution in [2.24, 2.45) is 0 Å². The topological polar surface area (TPSA) is 38.8 Å². The highest BCUT2D eigenvalue weighted by molar-refractivity contribution is 6.97. The minimum absolute atomic E-state index is 0.220. The van der Waals surface area contributed by atoms with E-state index in [-0.39, 0.29) is 5.78 Å². The highest BCUT2D eigenvalue weighted by Crippen LogP contribution is 2.32. The van der Waals surface area contributed by atoms with Gasteiger partial charge in [-0.2, -0.15) is 0 Å². The normalized spacial score (nSPS) is 16.3. The SMILES string of the molecule is CCCCC(CC)(C(=O)c1ccc(O[Si](C)(c2ccccc2)c2ccccc2)cc1)N1CCOCC1. The number of ether oxygens (including phenoxy) is 1.